The van der Waals surface area contributed by atoms with E-state index in [-0.39, 0.29) is 18.0 Å². The van der Waals surface area contributed by atoms with Crippen LogP contribution in [0.2, 0.25) is 0 Å². The first-order valence-corrected chi connectivity index (χ1v) is 7.21. The first-order valence-electron chi connectivity index (χ1n) is 7.21. The predicted molar refractivity (Wildman–Crippen MR) is 79.3 cm³/mol. The zero-order chi connectivity index (χ0) is 14.8. The molecule has 0 spiro atoms. The third-order valence-electron chi connectivity index (χ3n) is 3.40. The van der Waals surface area contributed by atoms with Gasteiger partial charge in [-0.1, -0.05) is 31.9 Å². The minimum Gasteiger partial charge on any atom is -0.382 e. The minimum absolute atomic E-state index is 0.0320. The van der Waals surface area contributed by atoms with Gasteiger partial charge in [0.15, 0.2) is 0 Å². The van der Waals surface area contributed by atoms with E-state index in [4.69, 9.17) is 9.47 Å². The molecular weight excluding hydrogens is 257 g/mol. The molecule has 0 aliphatic heterocycles. The Morgan fingerprint density at radius 2 is 1.90 bits per heavy atom. The van der Waals surface area contributed by atoms with Crippen LogP contribution in [-0.2, 0) is 9.47 Å². The fraction of sp³-hybridized carbons (Fsp3) is 0.625. The quantitative estimate of drug-likeness (QED) is 0.714. The molecule has 0 aromatic heterocycles. The van der Waals surface area contributed by atoms with Gasteiger partial charge in [0.05, 0.1) is 12.7 Å². The Bertz CT molecular complexity index is 356. The highest BCUT2D eigenvalue weighted by Crippen LogP contribution is 2.20. The third-order valence-corrected chi connectivity index (χ3v) is 3.40. The highest BCUT2D eigenvalue weighted by atomic mass is 19.1. The number of halogens is 1. The average Bonchev–Trinajstić information content (AvgIpc) is 2.47. The minimum atomic E-state index is -0.197. The second kappa shape index (κ2) is 9.86. The molecule has 1 N–H and O–H groups in total. The van der Waals surface area contributed by atoms with Crippen molar-refractivity contribution in [2.24, 2.45) is 0 Å². The Hall–Kier alpha value is -0.970. The number of hydrogen-bond acceptors (Lipinski definition) is 3. The van der Waals surface area contributed by atoms with Crippen LogP contribution in [0.3, 0.4) is 0 Å². The van der Waals surface area contributed by atoms with E-state index in [0.29, 0.717) is 6.61 Å². The lowest BCUT2D eigenvalue weighted by molar-refractivity contribution is 0.0271. The zero-order valence-corrected chi connectivity index (χ0v) is 12.7. The molecular formula is C16H26FNO2. The van der Waals surface area contributed by atoms with Gasteiger partial charge >= 0.3 is 0 Å². The van der Waals surface area contributed by atoms with Gasteiger partial charge < -0.3 is 14.8 Å². The fourth-order valence-corrected chi connectivity index (χ4v) is 2.16. The van der Waals surface area contributed by atoms with Crippen molar-refractivity contribution in [3.8, 4) is 0 Å². The molecule has 20 heavy (non-hydrogen) atoms. The van der Waals surface area contributed by atoms with Crippen molar-refractivity contribution in [1.29, 1.82) is 0 Å². The number of nitrogens with one attached hydrogen (secondary N) is 1. The number of rotatable bonds is 10. The Balaban J connectivity index is 2.61. The van der Waals surface area contributed by atoms with E-state index in [1.54, 1.807) is 14.2 Å². The normalized spacial score (nSPS) is 14.2. The van der Waals surface area contributed by atoms with Gasteiger partial charge in [-0.3, -0.25) is 0 Å². The highest BCUT2D eigenvalue weighted by Gasteiger charge is 2.14. The van der Waals surface area contributed by atoms with Crippen LogP contribution < -0.4 is 5.32 Å². The Morgan fingerprint density at radius 1 is 1.20 bits per heavy atom. The highest BCUT2D eigenvalue weighted by molar-refractivity contribution is 5.19. The molecule has 2 atom stereocenters. The van der Waals surface area contributed by atoms with Crippen LogP contribution in [-0.4, -0.2) is 33.5 Å². The molecule has 0 fully saturated rings. The van der Waals surface area contributed by atoms with Crippen molar-refractivity contribution in [3.63, 3.8) is 0 Å². The summed E-state index contributed by atoms with van der Waals surface area (Å²) in [5.41, 5.74) is 1.12. The maximum Gasteiger partial charge on any atom is 0.123 e. The number of methoxy groups -OCH3 is 2. The summed E-state index contributed by atoms with van der Waals surface area (Å²) in [6, 6.07) is 6.95. The first kappa shape index (κ1) is 17.1. The summed E-state index contributed by atoms with van der Waals surface area (Å²) in [7, 11) is 3.35. The molecule has 1 rings (SSSR count). The van der Waals surface area contributed by atoms with E-state index >= 15 is 0 Å². The predicted octanol–water partition coefficient (Wildman–Crippen LogP) is 3.31. The van der Waals surface area contributed by atoms with Crippen LogP contribution in [0.15, 0.2) is 24.3 Å². The summed E-state index contributed by atoms with van der Waals surface area (Å²) in [5, 5.41) is 3.50. The summed E-state index contributed by atoms with van der Waals surface area (Å²) in [5.74, 6) is -0.197. The standard InChI is InChI=1S/C16H26FNO2/c1-4-5-6-16(13-7-9-14(17)10-8-13)18-11-15(20-3)12-19-2/h7-10,15-16,18H,4-6,11-12H2,1-3H3. The van der Waals surface area contributed by atoms with Crippen molar-refractivity contribution in [3.05, 3.63) is 35.6 Å². The molecule has 0 saturated carbocycles. The van der Waals surface area contributed by atoms with Gasteiger partial charge in [0.2, 0.25) is 0 Å². The maximum absolute atomic E-state index is 13.0. The monoisotopic (exact) mass is 283 g/mol. The van der Waals surface area contributed by atoms with Crippen molar-refractivity contribution >= 4 is 0 Å². The van der Waals surface area contributed by atoms with Gasteiger partial charge in [-0.05, 0) is 24.1 Å². The molecule has 0 aliphatic carbocycles. The van der Waals surface area contributed by atoms with Crippen molar-refractivity contribution < 1.29 is 13.9 Å². The molecule has 0 radical (unpaired) electrons. The van der Waals surface area contributed by atoms with Crippen LogP contribution in [0, 0.1) is 5.82 Å². The molecule has 0 amide bonds. The van der Waals surface area contributed by atoms with Gasteiger partial charge in [0.25, 0.3) is 0 Å². The molecule has 1 aromatic rings. The van der Waals surface area contributed by atoms with E-state index in [0.717, 1.165) is 31.4 Å². The van der Waals surface area contributed by atoms with Crippen LogP contribution >= 0.6 is 0 Å². The first-order chi connectivity index (χ1) is 9.71. The topological polar surface area (TPSA) is 30.5 Å². The smallest absolute Gasteiger partial charge is 0.123 e. The van der Waals surface area contributed by atoms with Crippen molar-refractivity contribution in [2.45, 2.75) is 38.3 Å². The summed E-state index contributed by atoms with van der Waals surface area (Å²) in [6.45, 7) is 3.45. The van der Waals surface area contributed by atoms with E-state index in [1.807, 2.05) is 12.1 Å². The zero-order valence-electron chi connectivity index (χ0n) is 12.7. The molecule has 0 bridgehead atoms. The second-order valence-electron chi connectivity index (χ2n) is 4.97. The SMILES string of the molecule is CCCCC(NCC(COC)OC)c1ccc(F)cc1. The Kier molecular flexibility index (Phi) is 8.42. The van der Waals surface area contributed by atoms with Gasteiger partial charge in [0.1, 0.15) is 5.82 Å². The van der Waals surface area contributed by atoms with E-state index in [9.17, 15) is 4.39 Å². The van der Waals surface area contributed by atoms with Crippen LogP contribution in [0.25, 0.3) is 0 Å². The fourth-order valence-electron chi connectivity index (χ4n) is 2.16. The second-order valence-corrected chi connectivity index (χ2v) is 4.97. The number of unbranched alkanes of at least 4 members (excludes halogenated alkanes) is 1. The Labute approximate surface area is 121 Å². The number of benzene rings is 1. The summed E-state index contributed by atoms with van der Waals surface area (Å²) < 4.78 is 23.5. The van der Waals surface area contributed by atoms with Crippen LogP contribution in [0.1, 0.15) is 37.8 Å². The summed E-state index contributed by atoms with van der Waals surface area (Å²) >= 11 is 0. The van der Waals surface area contributed by atoms with E-state index in [2.05, 4.69) is 12.2 Å². The molecule has 4 heteroatoms. The maximum atomic E-state index is 13.0. The lowest BCUT2D eigenvalue weighted by Gasteiger charge is -2.22. The molecule has 0 aliphatic rings. The van der Waals surface area contributed by atoms with Gasteiger partial charge in [-0.15, -0.1) is 0 Å². The van der Waals surface area contributed by atoms with E-state index < -0.39 is 0 Å². The summed E-state index contributed by atoms with van der Waals surface area (Å²) in [6.07, 6.45) is 3.35. The van der Waals surface area contributed by atoms with E-state index in [1.165, 1.54) is 12.1 Å². The molecule has 3 nitrogen and oxygen atoms in total. The molecule has 2 unspecified atom stereocenters. The number of hydrogen-bond donors (Lipinski definition) is 1. The van der Waals surface area contributed by atoms with Crippen molar-refractivity contribution in [2.75, 3.05) is 27.4 Å². The molecule has 0 heterocycles. The van der Waals surface area contributed by atoms with Gasteiger partial charge in [0, 0.05) is 26.8 Å². The lowest BCUT2D eigenvalue weighted by Crippen LogP contribution is -2.34. The van der Waals surface area contributed by atoms with Crippen LogP contribution in [0.4, 0.5) is 4.39 Å². The van der Waals surface area contributed by atoms with Crippen LogP contribution in [0.5, 0.6) is 0 Å². The largest absolute Gasteiger partial charge is 0.382 e. The lowest BCUT2D eigenvalue weighted by atomic mass is 10.0. The number of ether oxygens (including phenoxy) is 2. The summed E-state index contributed by atoms with van der Waals surface area (Å²) in [4.78, 5) is 0. The van der Waals surface area contributed by atoms with Gasteiger partial charge in [-0.25, -0.2) is 4.39 Å². The third kappa shape index (κ3) is 5.99. The molecule has 114 valence electrons. The average molecular weight is 283 g/mol. The van der Waals surface area contributed by atoms with Crippen molar-refractivity contribution in [1.82, 2.24) is 5.32 Å². The Morgan fingerprint density at radius 3 is 2.45 bits per heavy atom. The van der Waals surface area contributed by atoms with Gasteiger partial charge in [-0.2, -0.15) is 0 Å². The molecule has 0 saturated heterocycles. The molecule has 1 aromatic carbocycles.